The van der Waals surface area contributed by atoms with E-state index in [9.17, 15) is 13.6 Å². The van der Waals surface area contributed by atoms with Crippen LogP contribution in [0, 0.1) is 11.6 Å². The van der Waals surface area contributed by atoms with Gasteiger partial charge < -0.3 is 5.11 Å². The summed E-state index contributed by atoms with van der Waals surface area (Å²) in [5, 5.41) is 8.94. The van der Waals surface area contributed by atoms with Crippen molar-refractivity contribution >= 4 is 40.8 Å². The first kappa shape index (κ1) is 15.9. The number of carboxylic acids is 1. The zero-order chi connectivity index (χ0) is 15.7. The maximum atomic E-state index is 13.9. The van der Waals surface area contributed by atoms with E-state index < -0.39 is 29.7 Å². The first-order chi connectivity index (χ1) is 9.79. The number of aliphatic carboxylic acids is 1. The van der Waals surface area contributed by atoms with E-state index >= 15 is 0 Å². The molecule has 0 unspecified atom stereocenters. The molecule has 8 heteroatoms. The van der Waals surface area contributed by atoms with Crippen molar-refractivity contribution in [1.82, 2.24) is 4.98 Å². The Bertz CT molecular complexity index is 738. The van der Waals surface area contributed by atoms with Crippen LogP contribution < -0.4 is 0 Å². The van der Waals surface area contributed by atoms with Gasteiger partial charge in [0.25, 0.3) is 0 Å². The van der Waals surface area contributed by atoms with Gasteiger partial charge >= 0.3 is 5.97 Å². The number of carboxylic acid groups (broad SMARTS) is 1. The molecule has 0 fully saturated rings. The van der Waals surface area contributed by atoms with Crippen LogP contribution in [-0.2, 0) is 11.2 Å². The standard InChI is InChI=1S/C13H6Cl3F2NO2/c14-5-1-6(12(16)7(15)2-5)13-9(18)3-8(17)10(19-13)4-11(20)21/h1-3H,4H2,(H,20,21). The largest absolute Gasteiger partial charge is 0.481 e. The second kappa shape index (κ2) is 6.13. The summed E-state index contributed by atoms with van der Waals surface area (Å²) < 4.78 is 27.4. The monoisotopic (exact) mass is 351 g/mol. The molecule has 1 N–H and O–H groups in total. The van der Waals surface area contributed by atoms with E-state index in [0.717, 1.165) is 0 Å². The number of carbonyl (C=O) groups is 1. The molecule has 2 rings (SSSR count). The van der Waals surface area contributed by atoms with Gasteiger partial charge in [-0.15, -0.1) is 0 Å². The van der Waals surface area contributed by atoms with Crippen LogP contribution in [0.3, 0.4) is 0 Å². The van der Waals surface area contributed by atoms with E-state index in [1.54, 1.807) is 0 Å². The fraction of sp³-hybridized carbons (Fsp3) is 0.0769. The molecule has 21 heavy (non-hydrogen) atoms. The minimum atomic E-state index is -1.30. The van der Waals surface area contributed by atoms with Crippen LogP contribution in [-0.4, -0.2) is 16.1 Å². The number of hydrogen-bond donors (Lipinski definition) is 1. The van der Waals surface area contributed by atoms with E-state index in [4.69, 9.17) is 39.9 Å². The summed E-state index contributed by atoms with van der Waals surface area (Å²) in [7, 11) is 0. The maximum Gasteiger partial charge on any atom is 0.309 e. The summed E-state index contributed by atoms with van der Waals surface area (Å²) >= 11 is 17.6. The summed E-state index contributed by atoms with van der Waals surface area (Å²) in [6.07, 6.45) is -0.689. The molecule has 0 spiro atoms. The van der Waals surface area contributed by atoms with Crippen molar-refractivity contribution in [2.24, 2.45) is 0 Å². The number of pyridine rings is 1. The topological polar surface area (TPSA) is 50.2 Å². The Kier molecular flexibility index (Phi) is 4.66. The second-order valence-electron chi connectivity index (χ2n) is 4.07. The summed E-state index contributed by atoms with van der Waals surface area (Å²) in [4.78, 5) is 14.4. The molecule has 1 aromatic heterocycles. The van der Waals surface area contributed by atoms with Gasteiger partial charge in [-0.25, -0.2) is 13.8 Å². The first-order valence-corrected chi connectivity index (χ1v) is 6.64. The Morgan fingerprint density at radius 1 is 1.14 bits per heavy atom. The zero-order valence-corrected chi connectivity index (χ0v) is 12.4. The molecule has 110 valence electrons. The highest BCUT2D eigenvalue weighted by Crippen LogP contribution is 2.37. The SMILES string of the molecule is O=C(O)Cc1nc(-c2cc(Cl)cc(Cl)c2Cl)c(F)cc1F. The molecule has 1 aromatic carbocycles. The van der Waals surface area contributed by atoms with Gasteiger partial charge in [-0.2, -0.15) is 0 Å². The molecule has 0 saturated carbocycles. The third-order valence-corrected chi connectivity index (χ3v) is 3.59. The molecular weight excluding hydrogens is 347 g/mol. The van der Waals surface area contributed by atoms with Gasteiger partial charge in [0.1, 0.15) is 11.5 Å². The lowest BCUT2D eigenvalue weighted by Crippen LogP contribution is -2.07. The Labute approximate surface area is 133 Å². The molecule has 3 nitrogen and oxygen atoms in total. The van der Waals surface area contributed by atoms with Gasteiger partial charge in [-0.1, -0.05) is 34.8 Å². The molecule has 0 aliphatic rings. The van der Waals surface area contributed by atoms with Crippen LogP contribution in [0.4, 0.5) is 8.78 Å². The Morgan fingerprint density at radius 2 is 1.81 bits per heavy atom. The summed E-state index contributed by atoms with van der Waals surface area (Å²) in [5.74, 6) is -3.35. The molecule has 0 amide bonds. The van der Waals surface area contributed by atoms with Crippen molar-refractivity contribution in [2.45, 2.75) is 6.42 Å². The lowest BCUT2D eigenvalue weighted by molar-refractivity contribution is -0.136. The maximum absolute atomic E-state index is 13.9. The molecule has 0 atom stereocenters. The fourth-order valence-electron chi connectivity index (χ4n) is 1.69. The third-order valence-electron chi connectivity index (χ3n) is 2.57. The number of hydrogen-bond acceptors (Lipinski definition) is 2. The Balaban J connectivity index is 2.66. The highest BCUT2D eigenvalue weighted by molar-refractivity contribution is 6.45. The van der Waals surface area contributed by atoms with Crippen LogP contribution in [0.2, 0.25) is 15.1 Å². The number of aromatic nitrogens is 1. The van der Waals surface area contributed by atoms with Crippen LogP contribution in [0.1, 0.15) is 5.69 Å². The lowest BCUT2D eigenvalue weighted by atomic mass is 10.1. The van der Waals surface area contributed by atoms with Gasteiger partial charge in [0.05, 0.1) is 22.2 Å². The van der Waals surface area contributed by atoms with E-state index in [0.29, 0.717) is 6.07 Å². The van der Waals surface area contributed by atoms with Crippen LogP contribution in [0.5, 0.6) is 0 Å². The predicted molar refractivity (Wildman–Crippen MR) is 76.0 cm³/mol. The molecule has 0 aliphatic carbocycles. The third kappa shape index (κ3) is 3.43. The Hall–Kier alpha value is -1.43. The quantitative estimate of drug-likeness (QED) is 0.820. The molecule has 1 heterocycles. The highest BCUT2D eigenvalue weighted by Gasteiger charge is 2.19. The van der Waals surface area contributed by atoms with E-state index in [1.807, 2.05) is 0 Å². The minimum Gasteiger partial charge on any atom is -0.481 e. The predicted octanol–water partition coefficient (Wildman–Crippen LogP) is 4.61. The van der Waals surface area contributed by atoms with Gasteiger partial charge in [-0.05, 0) is 12.1 Å². The van der Waals surface area contributed by atoms with Crippen LogP contribution >= 0.6 is 34.8 Å². The molecule has 2 aromatic rings. The molecule has 0 aliphatic heterocycles. The van der Waals surface area contributed by atoms with Gasteiger partial charge in [0, 0.05) is 16.7 Å². The van der Waals surface area contributed by atoms with Gasteiger partial charge in [-0.3, -0.25) is 4.79 Å². The normalized spacial score (nSPS) is 10.7. The molecular formula is C13H6Cl3F2NO2. The molecule has 0 radical (unpaired) electrons. The number of halogens is 5. The second-order valence-corrected chi connectivity index (χ2v) is 5.29. The van der Waals surface area contributed by atoms with Crippen LogP contribution in [0.25, 0.3) is 11.3 Å². The average Bonchev–Trinajstić information content (AvgIpc) is 2.37. The molecule has 0 saturated heterocycles. The summed E-state index contributed by atoms with van der Waals surface area (Å²) in [6, 6.07) is 3.21. The summed E-state index contributed by atoms with van der Waals surface area (Å²) in [5.41, 5.74) is -0.675. The number of benzene rings is 1. The van der Waals surface area contributed by atoms with Gasteiger partial charge in [0.15, 0.2) is 5.82 Å². The van der Waals surface area contributed by atoms with E-state index in [-0.39, 0.29) is 26.3 Å². The summed E-state index contributed by atoms with van der Waals surface area (Å²) in [6.45, 7) is 0. The lowest BCUT2D eigenvalue weighted by Gasteiger charge is -2.10. The van der Waals surface area contributed by atoms with Crippen molar-refractivity contribution in [2.75, 3.05) is 0 Å². The number of nitrogens with zero attached hydrogens (tertiary/aromatic N) is 1. The van der Waals surface area contributed by atoms with E-state index in [2.05, 4.69) is 4.98 Å². The molecule has 0 bridgehead atoms. The average molecular weight is 353 g/mol. The van der Waals surface area contributed by atoms with Crippen LogP contribution in [0.15, 0.2) is 18.2 Å². The minimum absolute atomic E-state index is 0.0136. The van der Waals surface area contributed by atoms with E-state index in [1.165, 1.54) is 12.1 Å². The Morgan fingerprint density at radius 3 is 2.43 bits per heavy atom. The highest BCUT2D eigenvalue weighted by atomic mass is 35.5. The van der Waals surface area contributed by atoms with Crippen molar-refractivity contribution in [3.63, 3.8) is 0 Å². The van der Waals surface area contributed by atoms with Crippen molar-refractivity contribution in [3.8, 4) is 11.3 Å². The first-order valence-electron chi connectivity index (χ1n) is 5.51. The van der Waals surface area contributed by atoms with Crippen molar-refractivity contribution in [1.29, 1.82) is 0 Å². The number of rotatable bonds is 3. The fourth-order valence-corrected chi connectivity index (χ4v) is 2.38. The van der Waals surface area contributed by atoms with Gasteiger partial charge in [0.2, 0.25) is 0 Å². The van der Waals surface area contributed by atoms with Crippen molar-refractivity contribution in [3.05, 3.63) is 50.6 Å². The van der Waals surface area contributed by atoms with Crippen molar-refractivity contribution < 1.29 is 18.7 Å². The zero-order valence-electron chi connectivity index (χ0n) is 10.1. The smallest absolute Gasteiger partial charge is 0.309 e.